The maximum absolute atomic E-state index is 6.24. The van der Waals surface area contributed by atoms with Crippen molar-refractivity contribution in [3.63, 3.8) is 0 Å². The monoisotopic (exact) mass is 688 g/mol. The van der Waals surface area contributed by atoms with Gasteiger partial charge in [-0.1, -0.05) is 113 Å². The fourth-order valence-electron chi connectivity index (χ4n) is 8.22. The highest BCUT2D eigenvalue weighted by atomic mass is 16.3. The minimum absolute atomic E-state index is 0.101. The Balaban J connectivity index is 1.11. The number of para-hydroxylation sites is 3. The minimum atomic E-state index is 0.101. The number of furan rings is 1. The van der Waals surface area contributed by atoms with Crippen molar-refractivity contribution in [2.75, 3.05) is 9.80 Å². The molecule has 0 aliphatic heterocycles. The van der Waals surface area contributed by atoms with Gasteiger partial charge in [-0.2, -0.15) is 0 Å². The van der Waals surface area contributed by atoms with Crippen molar-refractivity contribution in [1.82, 2.24) is 0 Å². The molecule has 0 fully saturated rings. The Morgan fingerprint density at radius 1 is 0.377 bits per heavy atom. The van der Waals surface area contributed by atoms with Crippen molar-refractivity contribution in [1.29, 1.82) is 0 Å². The average molecular weight is 689 g/mol. The summed E-state index contributed by atoms with van der Waals surface area (Å²) in [6.07, 6.45) is 2.37. The van der Waals surface area contributed by atoms with E-state index >= 15 is 0 Å². The minimum Gasteiger partial charge on any atom is -0.456 e. The smallest absolute Gasteiger partial charge is 0.135 e. The van der Waals surface area contributed by atoms with Crippen LogP contribution in [0.15, 0.2) is 174 Å². The molecule has 0 amide bonds. The molecule has 9 rings (SSSR count). The highest BCUT2D eigenvalue weighted by Gasteiger charge is 2.37. The summed E-state index contributed by atoms with van der Waals surface area (Å²) in [6, 6.07) is 61.1. The van der Waals surface area contributed by atoms with Gasteiger partial charge in [-0.05, 0) is 131 Å². The second-order valence-corrected chi connectivity index (χ2v) is 15.7. The number of hydrogen-bond donors (Lipinski definition) is 0. The zero-order valence-corrected chi connectivity index (χ0v) is 30.9. The number of anilines is 6. The second-order valence-electron chi connectivity index (χ2n) is 15.7. The van der Waals surface area contributed by atoms with Gasteiger partial charge >= 0.3 is 0 Å². The molecule has 0 bridgehead atoms. The lowest BCUT2D eigenvalue weighted by atomic mass is 9.63. The van der Waals surface area contributed by atoms with E-state index in [9.17, 15) is 0 Å². The first-order valence-electron chi connectivity index (χ1n) is 18.7. The van der Waals surface area contributed by atoms with E-state index in [2.05, 4.69) is 195 Å². The maximum atomic E-state index is 6.24. The van der Waals surface area contributed by atoms with Crippen LogP contribution in [0.3, 0.4) is 0 Å². The summed E-state index contributed by atoms with van der Waals surface area (Å²) in [5.74, 6) is 0. The molecule has 3 nitrogen and oxygen atoms in total. The van der Waals surface area contributed by atoms with Gasteiger partial charge in [0.05, 0.1) is 0 Å². The van der Waals surface area contributed by atoms with Crippen molar-refractivity contribution >= 4 is 56.1 Å². The van der Waals surface area contributed by atoms with Crippen LogP contribution in [-0.4, -0.2) is 0 Å². The summed E-state index contributed by atoms with van der Waals surface area (Å²) in [4.78, 5) is 4.70. The molecule has 0 atom stereocenters. The van der Waals surface area contributed by atoms with Crippen LogP contribution in [0.4, 0.5) is 34.1 Å². The largest absolute Gasteiger partial charge is 0.456 e. The van der Waals surface area contributed by atoms with Gasteiger partial charge in [0.15, 0.2) is 0 Å². The fraction of sp³-hybridized carbons (Fsp3) is 0.160. The van der Waals surface area contributed by atoms with Gasteiger partial charge in [-0.3, -0.25) is 0 Å². The third-order valence-corrected chi connectivity index (χ3v) is 11.3. The van der Waals surface area contributed by atoms with E-state index in [4.69, 9.17) is 4.42 Å². The Labute approximate surface area is 312 Å². The zero-order chi connectivity index (χ0) is 36.2. The third kappa shape index (κ3) is 5.97. The average Bonchev–Trinajstić information content (AvgIpc) is 3.57. The van der Waals surface area contributed by atoms with Gasteiger partial charge in [-0.15, -0.1) is 0 Å². The van der Waals surface area contributed by atoms with Crippen LogP contribution in [0.2, 0.25) is 0 Å². The van der Waals surface area contributed by atoms with Crippen LogP contribution < -0.4 is 9.80 Å². The molecule has 3 heteroatoms. The van der Waals surface area contributed by atoms with Crippen molar-refractivity contribution in [3.8, 4) is 11.1 Å². The van der Waals surface area contributed by atoms with E-state index < -0.39 is 0 Å². The van der Waals surface area contributed by atoms with Crippen molar-refractivity contribution < 1.29 is 4.42 Å². The van der Waals surface area contributed by atoms with Crippen LogP contribution in [-0.2, 0) is 10.8 Å². The van der Waals surface area contributed by atoms with E-state index in [1.807, 2.05) is 12.1 Å². The topological polar surface area (TPSA) is 19.6 Å². The normalized spacial score (nSPS) is 14.6. The van der Waals surface area contributed by atoms with Crippen LogP contribution in [0, 0.1) is 0 Å². The quantitative estimate of drug-likeness (QED) is 0.166. The number of rotatable bonds is 7. The first-order valence-corrected chi connectivity index (χ1v) is 18.7. The number of benzene rings is 7. The molecule has 0 unspecified atom stereocenters. The summed E-state index contributed by atoms with van der Waals surface area (Å²) in [7, 11) is 0. The first kappa shape index (κ1) is 32.8. The summed E-state index contributed by atoms with van der Waals surface area (Å²) >= 11 is 0. The fourth-order valence-corrected chi connectivity index (χ4v) is 8.22. The molecule has 8 aromatic rings. The Morgan fingerprint density at radius 3 is 1.42 bits per heavy atom. The lowest BCUT2D eigenvalue weighted by Gasteiger charge is -2.42. The molecule has 1 aliphatic carbocycles. The lowest BCUT2D eigenvalue weighted by Crippen LogP contribution is -2.34. The molecule has 0 radical (unpaired) electrons. The lowest BCUT2D eigenvalue weighted by molar-refractivity contribution is 0.332. The molecule has 1 aliphatic rings. The van der Waals surface area contributed by atoms with E-state index in [0.717, 1.165) is 50.4 Å². The van der Waals surface area contributed by atoms with Crippen LogP contribution in [0.25, 0.3) is 33.1 Å². The van der Waals surface area contributed by atoms with E-state index in [1.54, 1.807) is 0 Å². The Kier molecular flexibility index (Phi) is 7.96. The summed E-state index contributed by atoms with van der Waals surface area (Å²) in [6.45, 7) is 9.58. The maximum Gasteiger partial charge on any atom is 0.135 e. The van der Waals surface area contributed by atoms with Gasteiger partial charge in [-0.25, -0.2) is 0 Å². The predicted molar refractivity (Wildman–Crippen MR) is 224 cm³/mol. The molecular weight excluding hydrogens is 645 g/mol. The Morgan fingerprint density at radius 2 is 0.811 bits per heavy atom. The zero-order valence-electron chi connectivity index (χ0n) is 30.9. The molecule has 1 heterocycles. The first-order chi connectivity index (χ1) is 25.7. The third-order valence-electron chi connectivity index (χ3n) is 11.3. The van der Waals surface area contributed by atoms with E-state index in [1.165, 1.54) is 40.8 Å². The van der Waals surface area contributed by atoms with Crippen molar-refractivity contribution in [2.24, 2.45) is 0 Å². The molecule has 0 saturated heterocycles. The summed E-state index contributed by atoms with van der Waals surface area (Å²) in [5, 5.41) is 2.26. The highest BCUT2D eigenvalue weighted by molar-refractivity contribution is 6.06. The molecule has 1 aromatic heterocycles. The van der Waals surface area contributed by atoms with E-state index in [0.29, 0.717) is 0 Å². The highest BCUT2D eigenvalue weighted by Crippen LogP contribution is 2.48. The molecule has 7 aromatic carbocycles. The van der Waals surface area contributed by atoms with Gasteiger partial charge < -0.3 is 14.2 Å². The number of nitrogens with zero attached hydrogens (tertiary/aromatic N) is 2. The summed E-state index contributed by atoms with van der Waals surface area (Å²) in [5.41, 5.74) is 14.1. The van der Waals surface area contributed by atoms with Gasteiger partial charge in [0.2, 0.25) is 0 Å². The van der Waals surface area contributed by atoms with Crippen LogP contribution >= 0.6 is 0 Å². The molecule has 0 spiro atoms. The number of fused-ring (bicyclic) bond motifs is 4. The Hall–Kier alpha value is -6.06. The van der Waals surface area contributed by atoms with Crippen molar-refractivity contribution in [3.05, 3.63) is 181 Å². The number of hydrogen-bond acceptors (Lipinski definition) is 3. The van der Waals surface area contributed by atoms with E-state index in [-0.39, 0.29) is 10.8 Å². The van der Waals surface area contributed by atoms with Crippen LogP contribution in [0.1, 0.15) is 51.7 Å². The predicted octanol–water partition coefficient (Wildman–Crippen LogP) is 14.5. The van der Waals surface area contributed by atoms with Crippen molar-refractivity contribution in [2.45, 2.75) is 51.4 Å². The molecule has 53 heavy (non-hydrogen) atoms. The van der Waals surface area contributed by atoms with Gasteiger partial charge in [0.25, 0.3) is 0 Å². The molecule has 0 saturated carbocycles. The Bertz CT molecular complexity index is 2510. The second kappa shape index (κ2) is 12.9. The standard InChI is InChI=1S/C50H44N2O/c1-49(2)31-32-50(3,4)46-34-42(27-29-45(46)49)52(41-28-30-48-44(33-41)43-17-11-12-18-47(43)53-48)40-25-21-36(22-26-40)35-19-23-39(24-20-35)51(37-13-7-5-8-14-37)38-15-9-6-10-16-38/h5-30,33-34H,31-32H2,1-4H3. The van der Waals surface area contributed by atoms with Crippen LogP contribution in [0.5, 0.6) is 0 Å². The summed E-state index contributed by atoms with van der Waals surface area (Å²) < 4.78 is 6.24. The molecule has 0 N–H and O–H groups in total. The van der Waals surface area contributed by atoms with Gasteiger partial charge in [0.1, 0.15) is 11.2 Å². The SMILES string of the molecule is CC1(C)CCC(C)(C)c2cc(N(c3ccc(-c4ccc(N(c5ccccc5)c5ccccc5)cc4)cc3)c3ccc4oc5ccccc5c4c3)ccc21. The molecular formula is C50H44N2O. The molecule has 260 valence electrons. The van der Waals surface area contributed by atoms with Gasteiger partial charge in [0, 0.05) is 44.9 Å².